The minimum Gasteiger partial charge on any atom is -0.468 e. The van der Waals surface area contributed by atoms with Crippen molar-refractivity contribution < 1.29 is 14.3 Å². The number of piperidine rings is 1. The molecule has 2 atom stereocenters. The molecule has 1 aliphatic heterocycles. The Bertz CT molecular complexity index is 342. The molecule has 2 fully saturated rings. The maximum atomic E-state index is 12.2. The van der Waals surface area contributed by atoms with Gasteiger partial charge in [-0.15, -0.1) is 0 Å². The quantitative estimate of drug-likeness (QED) is 0.778. The summed E-state index contributed by atoms with van der Waals surface area (Å²) in [4.78, 5) is 14.7. The lowest BCUT2D eigenvalue weighted by atomic mass is 9.77. The largest absolute Gasteiger partial charge is 0.468 e. The molecule has 0 radical (unpaired) electrons. The van der Waals surface area contributed by atoms with E-state index in [1.54, 1.807) is 7.11 Å². The smallest absolute Gasteiger partial charge is 0.326 e. The molecule has 1 aliphatic carbocycles. The Labute approximate surface area is 128 Å². The number of likely N-dealkylation sites (tertiary alicyclic amines) is 1. The number of carbonyl (C=O) groups is 1. The SMILES string of the molecule is CNC1(C(=O)OC)CCCC(N2CCC(COC)CC2)C1. The number of methoxy groups -OCH3 is 2. The van der Waals surface area contributed by atoms with E-state index < -0.39 is 5.54 Å². The van der Waals surface area contributed by atoms with Crippen molar-refractivity contribution in [1.82, 2.24) is 10.2 Å². The second-order valence-corrected chi connectivity index (χ2v) is 6.51. The Hall–Kier alpha value is -0.650. The maximum Gasteiger partial charge on any atom is 0.326 e. The zero-order valence-electron chi connectivity index (χ0n) is 13.7. The number of nitrogens with one attached hydrogen (secondary N) is 1. The van der Waals surface area contributed by atoms with E-state index >= 15 is 0 Å². The Morgan fingerprint density at radius 3 is 2.57 bits per heavy atom. The highest BCUT2D eigenvalue weighted by molar-refractivity contribution is 5.81. The van der Waals surface area contributed by atoms with Crippen molar-refractivity contribution in [2.24, 2.45) is 5.92 Å². The molecule has 0 aromatic heterocycles. The molecular weight excluding hydrogens is 268 g/mol. The molecule has 0 spiro atoms. The van der Waals surface area contributed by atoms with Crippen LogP contribution in [0.4, 0.5) is 0 Å². The van der Waals surface area contributed by atoms with Gasteiger partial charge in [0.05, 0.1) is 7.11 Å². The zero-order valence-corrected chi connectivity index (χ0v) is 13.7. The van der Waals surface area contributed by atoms with Gasteiger partial charge in [-0.2, -0.15) is 0 Å². The highest BCUT2D eigenvalue weighted by atomic mass is 16.5. The van der Waals surface area contributed by atoms with Gasteiger partial charge in [-0.3, -0.25) is 4.79 Å². The maximum absolute atomic E-state index is 12.2. The monoisotopic (exact) mass is 298 g/mol. The van der Waals surface area contributed by atoms with Crippen molar-refractivity contribution in [3.8, 4) is 0 Å². The van der Waals surface area contributed by atoms with Crippen LogP contribution in [0.2, 0.25) is 0 Å². The molecule has 122 valence electrons. The first kappa shape index (κ1) is 16.7. The summed E-state index contributed by atoms with van der Waals surface area (Å²) in [6.07, 6.45) is 6.43. The van der Waals surface area contributed by atoms with Gasteiger partial charge in [0.1, 0.15) is 5.54 Å². The number of ether oxygens (including phenoxy) is 2. The van der Waals surface area contributed by atoms with E-state index in [4.69, 9.17) is 9.47 Å². The average molecular weight is 298 g/mol. The van der Waals surface area contributed by atoms with Gasteiger partial charge in [0.15, 0.2) is 0 Å². The fraction of sp³-hybridized carbons (Fsp3) is 0.938. The summed E-state index contributed by atoms with van der Waals surface area (Å²) in [6.45, 7) is 3.13. The van der Waals surface area contributed by atoms with Gasteiger partial charge in [0, 0.05) is 19.8 Å². The minimum absolute atomic E-state index is 0.107. The number of likely N-dealkylation sites (N-methyl/N-ethyl adjacent to an activating group) is 1. The fourth-order valence-electron chi connectivity index (χ4n) is 3.99. The summed E-state index contributed by atoms with van der Waals surface area (Å²) >= 11 is 0. The normalized spacial score (nSPS) is 32.0. The van der Waals surface area contributed by atoms with Crippen LogP contribution in [0.15, 0.2) is 0 Å². The van der Waals surface area contributed by atoms with Crippen LogP contribution in [0.1, 0.15) is 38.5 Å². The highest BCUT2D eigenvalue weighted by Gasteiger charge is 2.44. The van der Waals surface area contributed by atoms with Crippen molar-refractivity contribution in [3.05, 3.63) is 0 Å². The van der Waals surface area contributed by atoms with Crippen molar-refractivity contribution in [1.29, 1.82) is 0 Å². The molecular formula is C16H30N2O3. The third-order valence-electron chi connectivity index (χ3n) is 5.35. The molecule has 2 unspecified atom stereocenters. The highest BCUT2D eigenvalue weighted by Crippen LogP contribution is 2.34. The van der Waals surface area contributed by atoms with Crippen molar-refractivity contribution in [3.63, 3.8) is 0 Å². The second kappa shape index (κ2) is 7.56. The van der Waals surface area contributed by atoms with Gasteiger partial charge >= 0.3 is 5.97 Å². The van der Waals surface area contributed by atoms with Gasteiger partial charge in [-0.05, 0) is 64.6 Å². The number of rotatable bonds is 5. The van der Waals surface area contributed by atoms with Crippen molar-refractivity contribution >= 4 is 5.97 Å². The molecule has 1 heterocycles. The molecule has 0 aromatic rings. The third kappa shape index (κ3) is 3.76. The van der Waals surface area contributed by atoms with Crippen LogP contribution < -0.4 is 5.32 Å². The zero-order chi connectivity index (χ0) is 15.3. The molecule has 0 aromatic carbocycles. The van der Waals surface area contributed by atoms with Crippen LogP contribution in [0.25, 0.3) is 0 Å². The number of esters is 1. The van der Waals surface area contributed by atoms with Crippen LogP contribution in [0.3, 0.4) is 0 Å². The van der Waals surface area contributed by atoms with Crippen LogP contribution in [-0.4, -0.2) is 63.4 Å². The van der Waals surface area contributed by atoms with Crippen molar-refractivity contribution in [2.75, 3.05) is 41.0 Å². The molecule has 21 heavy (non-hydrogen) atoms. The van der Waals surface area contributed by atoms with Gasteiger partial charge < -0.3 is 19.7 Å². The summed E-state index contributed by atoms with van der Waals surface area (Å²) in [5, 5.41) is 3.25. The first-order chi connectivity index (χ1) is 10.1. The van der Waals surface area contributed by atoms with E-state index in [9.17, 15) is 4.79 Å². The second-order valence-electron chi connectivity index (χ2n) is 6.51. The van der Waals surface area contributed by atoms with E-state index in [2.05, 4.69) is 10.2 Å². The van der Waals surface area contributed by atoms with Gasteiger partial charge in [0.25, 0.3) is 0 Å². The first-order valence-corrected chi connectivity index (χ1v) is 8.15. The Morgan fingerprint density at radius 1 is 1.29 bits per heavy atom. The summed E-state index contributed by atoms with van der Waals surface area (Å²) in [7, 11) is 5.15. The minimum atomic E-state index is -0.485. The molecule has 1 saturated carbocycles. The van der Waals surface area contributed by atoms with E-state index in [0.717, 1.165) is 39.0 Å². The Morgan fingerprint density at radius 2 is 2.00 bits per heavy atom. The number of carbonyl (C=O) groups excluding carboxylic acids is 1. The molecule has 2 rings (SSSR count). The standard InChI is InChI=1S/C16H30N2O3/c1-17-16(15(19)21-3)8-4-5-14(11-16)18-9-6-13(7-10-18)12-20-2/h13-14,17H,4-12H2,1-3H3. The van der Waals surface area contributed by atoms with E-state index in [1.165, 1.54) is 26.4 Å². The lowest BCUT2D eigenvalue weighted by Crippen LogP contribution is -2.58. The average Bonchev–Trinajstić information content (AvgIpc) is 2.55. The van der Waals surface area contributed by atoms with Crippen molar-refractivity contribution in [2.45, 2.75) is 50.1 Å². The van der Waals surface area contributed by atoms with E-state index in [0.29, 0.717) is 12.0 Å². The fourth-order valence-corrected chi connectivity index (χ4v) is 3.99. The molecule has 5 nitrogen and oxygen atoms in total. The Kier molecular flexibility index (Phi) is 6.02. The summed E-state index contributed by atoms with van der Waals surface area (Å²) in [5.41, 5.74) is -0.485. The number of hydrogen-bond donors (Lipinski definition) is 1. The van der Waals surface area contributed by atoms with Gasteiger partial charge in [0.2, 0.25) is 0 Å². The van der Waals surface area contributed by atoms with E-state index in [-0.39, 0.29) is 5.97 Å². The van der Waals surface area contributed by atoms with Gasteiger partial charge in [-0.1, -0.05) is 0 Å². The van der Waals surface area contributed by atoms with Crippen LogP contribution in [-0.2, 0) is 14.3 Å². The lowest BCUT2D eigenvalue weighted by molar-refractivity contribution is -0.151. The third-order valence-corrected chi connectivity index (χ3v) is 5.35. The van der Waals surface area contributed by atoms with Gasteiger partial charge in [-0.25, -0.2) is 0 Å². The topological polar surface area (TPSA) is 50.8 Å². The molecule has 2 aliphatic rings. The summed E-state index contributed by atoms with van der Waals surface area (Å²) in [5.74, 6) is 0.591. The summed E-state index contributed by atoms with van der Waals surface area (Å²) < 4.78 is 10.3. The molecule has 1 saturated heterocycles. The first-order valence-electron chi connectivity index (χ1n) is 8.15. The van der Waals surface area contributed by atoms with Crippen LogP contribution >= 0.6 is 0 Å². The predicted molar refractivity (Wildman–Crippen MR) is 82.2 cm³/mol. The predicted octanol–water partition coefficient (Wildman–Crippen LogP) is 1.42. The molecule has 0 bridgehead atoms. The molecule has 1 N–H and O–H groups in total. The number of hydrogen-bond acceptors (Lipinski definition) is 5. The molecule has 5 heteroatoms. The number of nitrogens with zero attached hydrogens (tertiary/aromatic N) is 1. The van der Waals surface area contributed by atoms with Crippen LogP contribution in [0, 0.1) is 5.92 Å². The Balaban J connectivity index is 1.94. The molecule has 0 amide bonds. The van der Waals surface area contributed by atoms with Crippen LogP contribution in [0.5, 0.6) is 0 Å². The summed E-state index contributed by atoms with van der Waals surface area (Å²) in [6, 6.07) is 0.494. The van der Waals surface area contributed by atoms with E-state index in [1.807, 2.05) is 7.05 Å². The lowest BCUT2D eigenvalue weighted by Gasteiger charge is -2.45.